The number of anilines is 2. The molecule has 20 heavy (non-hydrogen) atoms. The fraction of sp³-hybridized carbons (Fsp3) is 0.231. The zero-order chi connectivity index (χ0) is 14.5. The second-order valence-corrected chi connectivity index (χ2v) is 3.82. The quantitative estimate of drug-likeness (QED) is 0.811. The number of H-pyrrole nitrogens is 1. The van der Waals surface area contributed by atoms with Gasteiger partial charge >= 0.3 is 11.6 Å². The van der Waals surface area contributed by atoms with E-state index in [0.29, 0.717) is 11.4 Å². The molecule has 1 aromatic heterocycles. The molecule has 0 bridgehead atoms. The number of nitrogens with one attached hydrogen (secondary N) is 2. The van der Waals surface area contributed by atoms with Gasteiger partial charge in [-0.05, 0) is 31.2 Å². The molecule has 0 unspecified atom stereocenters. The summed E-state index contributed by atoms with van der Waals surface area (Å²) in [6.07, 6.45) is 0. The van der Waals surface area contributed by atoms with Crippen molar-refractivity contribution >= 4 is 17.5 Å². The van der Waals surface area contributed by atoms with Crippen molar-refractivity contribution in [1.29, 1.82) is 0 Å². The molecule has 0 amide bonds. The van der Waals surface area contributed by atoms with Crippen molar-refractivity contribution in [1.82, 2.24) is 5.16 Å². The number of ether oxygens (including phenoxy) is 2. The number of hydrogen-bond donors (Lipinski definition) is 2. The van der Waals surface area contributed by atoms with Gasteiger partial charge in [0.2, 0.25) is 0 Å². The van der Waals surface area contributed by atoms with Crippen LogP contribution in [0.2, 0.25) is 0 Å². The molecular formula is C13H14N2O5. The Balaban J connectivity index is 2.24. The van der Waals surface area contributed by atoms with Crippen LogP contribution in [-0.4, -0.2) is 24.8 Å². The zero-order valence-electron chi connectivity index (χ0n) is 11.1. The number of benzene rings is 1. The predicted molar refractivity (Wildman–Crippen MR) is 71.6 cm³/mol. The van der Waals surface area contributed by atoms with E-state index in [1.807, 2.05) is 0 Å². The van der Waals surface area contributed by atoms with Gasteiger partial charge in [-0.25, -0.2) is 14.7 Å². The van der Waals surface area contributed by atoms with Crippen LogP contribution in [0.15, 0.2) is 33.6 Å². The number of esters is 1. The van der Waals surface area contributed by atoms with E-state index in [-0.39, 0.29) is 18.0 Å². The summed E-state index contributed by atoms with van der Waals surface area (Å²) in [5, 5.41) is 5.24. The van der Waals surface area contributed by atoms with E-state index in [9.17, 15) is 9.59 Å². The van der Waals surface area contributed by atoms with Gasteiger partial charge in [-0.15, -0.1) is 0 Å². The molecule has 0 saturated heterocycles. The summed E-state index contributed by atoms with van der Waals surface area (Å²) in [5.74, 6) is 0.110. The SMILES string of the molecule is CCOC(=O)c1c(Nc2ccc(OC)cc2)[nH]oc1=O. The largest absolute Gasteiger partial charge is 0.497 e. The molecule has 0 saturated carbocycles. The molecule has 106 valence electrons. The molecule has 2 rings (SSSR count). The maximum absolute atomic E-state index is 11.7. The standard InChI is InChI=1S/C13H14N2O5/c1-3-19-12(16)10-11(15-20-13(10)17)14-8-4-6-9(18-2)7-5-8/h4-7,14-15H,3H2,1-2H3. The van der Waals surface area contributed by atoms with E-state index in [2.05, 4.69) is 15.0 Å². The third-order valence-corrected chi connectivity index (χ3v) is 2.54. The highest BCUT2D eigenvalue weighted by molar-refractivity contribution is 5.94. The fourth-order valence-corrected chi connectivity index (χ4v) is 1.60. The van der Waals surface area contributed by atoms with Crippen molar-refractivity contribution < 1.29 is 18.8 Å². The molecule has 0 spiro atoms. The lowest BCUT2D eigenvalue weighted by Gasteiger charge is -2.06. The number of aromatic amines is 1. The molecule has 0 atom stereocenters. The first-order chi connectivity index (χ1) is 9.65. The van der Waals surface area contributed by atoms with E-state index < -0.39 is 11.6 Å². The van der Waals surface area contributed by atoms with E-state index in [1.54, 1.807) is 38.3 Å². The monoisotopic (exact) mass is 278 g/mol. The molecule has 2 aromatic rings. The molecular weight excluding hydrogens is 264 g/mol. The molecule has 7 nitrogen and oxygen atoms in total. The first kappa shape index (κ1) is 13.7. The Kier molecular flexibility index (Phi) is 4.09. The van der Waals surface area contributed by atoms with Gasteiger partial charge in [0.1, 0.15) is 5.75 Å². The molecule has 1 aromatic carbocycles. The average molecular weight is 278 g/mol. The van der Waals surface area contributed by atoms with Gasteiger partial charge in [0.15, 0.2) is 11.4 Å². The van der Waals surface area contributed by atoms with Crippen molar-refractivity contribution in [3.8, 4) is 5.75 Å². The van der Waals surface area contributed by atoms with E-state index in [0.717, 1.165) is 0 Å². The zero-order valence-corrected chi connectivity index (χ0v) is 11.1. The Bertz CT molecular complexity index is 642. The third-order valence-electron chi connectivity index (χ3n) is 2.54. The Hall–Kier alpha value is -2.70. The average Bonchev–Trinajstić information content (AvgIpc) is 2.81. The molecule has 0 aliphatic carbocycles. The Labute approximate surface area is 114 Å². The van der Waals surface area contributed by atoms with Crippen LogP contribution in [0.25, 0.3) is 0 Å². The van der Waals surface area contributed by atoms with Crippen LogP contribution in [0.1, 0.15) is 17.3 Å². The lowest BCUT2D eigenvalue weighted by Crippen LogP contribution is -2.14. The number of carbonyl (C=O) groups is 1. The third kappa shape index (κ3) is 2.82. The highest BCUT2D eigenvalue weighted by Gasteiger charge is 2.21. The first-order valence-electron chi connectivity index (χ1n) is 5.95. The molecule has 0 fully saturated rings. The molecule has 0 aliphatic rings. The number of rotatable bonds is 5. The van der Waals surface area contributed by atoms with Crippen LogP contribution in [-0.2, 0) is 4.74 Å². The van der Waals surface area contributed by atoms with Gasteiger partial charge in [-0.3, -0.25) is 0 Å². The van der Waals surface area contributed by atoms with Gasteiger partial charge in [0.05, 0.1) is 13.7 Å². The normalized spacial score (nSPS) is 10.1. The van der Waals surface area contributed by atoms with Gasteiger partial charge in [0, 0.05) is 5.69 Å². The van der Waals surface area contributed by atoms with E-state index in [1.165, 1.54) is 0 Å². The summed E-state index contributed by atoms with van der Waals surface area (Å²) in [4.78, 5) is 23.2. The highest BCUT2D eigenvalue weighted by atomic mass is 16.5. The maximum atomic E-state index is 11.7. The maximum Gasteiger partial charge on any atom is 0.374 e. The van der Waals surface area contributed by atoms with E-state index >= 15 is 0 Å². The van der Waals surface area contributed by atoms with E-state index in [4.69, 9.17) is 9.47 Å². The minimum atomic E-state index is -0.778. The lowest BCUT2D eigenvalue weighted by atomic mass is 10.2. The molecule has 2 N–H and O–H groups in total. The second-order valence-electron chi connectivity index (χ2n) is 3.82. The van der Waals surface area contributed by atoms with Crippen LogP contribution in [0.3, 0.4) is 0 Å². The Morgan fingerprint density at radius 2 is 2.05 bits per heavy atom. The van der Waals surface area contributed by atoms with Crippen molar-refractivity contribution in [2.24, 2.45) is 0 Å². The molecule has 0 aliphatic heterocycles. The van der Waals surface area contributed by atoms with Gasteiger partial charge in [0.25, 0.3) is 0 Å². The van der Waals surface area contributed by atoms with Crippen LogP contribution < -0.4 is 15.7 Å². The minimum Gasteiger partial charge on any atom is -0.497 e. The number of hydrogen-bond acceptors (Lipinski definition) is 6. The summed E-state index contributed by atoms with van der Waals surface area (Å²) >= 11 is 0. The van der Waals surface area contributed by atoms with Crippen LogP contribution in [0.5, 0.6) is 5.75 Å². The first-order valence-corrected chi connectivity index (χ1v) is 5.95. The van der Waals surface area contributed by atoms with Crippen molar-refractivity contribution in [2.75, 3.05) is 19.0 Å². The second kappa shape index (κ2) is 5.96. The smallest absolute Gasteiger partial charge is 0.374 e. The van der Waals surface area contributed by atoms with Gasteiger partial charge < -0.3 is 19.3 Å². The molecule has 0 radical (unpaired) electrons. The summed E-state index contributed by atoms with van der Waals surface area (Å²) in [7, 11) is 1.56. The van der Waals surface area contributed by atoms with Crippen molar-refractivity contribution in [3.63, 3.8) is 0 Å². The predicted octanol–water partition coefficient (Wildman–Crippen LogP) is 1.90. The lowest BCUT2D eigenvalue weighted by molar-refractivity contribution is 0.0524. The summed E-state index contributed by atoms with van der Waals surface area (Å²) in [5.41, 5.74) is -0.310. The van der Waals surface area contributed by atoms with Gasteiger partial charge in [-0.2, -0.15) is 0 Å². The summed E-state index contributed by atoms with van der Waals surface area (Å²) in [6.45, 7) is 1.83. The van der Waals surface area contributed by atoms with Crippen molar-refractivity contribution in [2.45, 2.75) is 6.92 Å². The van der Waals surface area contributed by atoms with Crippen LogP contribution in [0, 0.1) is 0 Å². The fourth-order valence-electron chi connectivity index (χ4n) is 1.60. The molecule has 1 heterocycles. The topological polar surface area (TPSA) is 93.6 Å². The Morgan fingerprint density at radius 1 is 1.35 bits per heavy atom. The Morgan fingerprint density at radius 3 is 2.65 bits per heavy atom. The highest BCUT2D eigenvalue weighted by Crippen LogP contribution is 2.20. The van der Waals surface area contributed by atoms with Crippen LogP contribution in [0.4, 0.5) is 11.5 Å². The minimum absolute atomic E-state index is 0.151. The van der Waals surface area contributed by atoms with Crippen molar-refractivity contribution in [3.05, 3.63) is 40.2 Å². The van der Waals surface area contributed by atoms with Crippen LogP contribution >= 0.6 is 0 Å². The summed E-state index contributed by atoms with van der Waals surface area (Å²) < 4.78 is 14.5. The molecule has 7 heteroatoms. The number of carbonyl (C=O) groups excluding carboxylic acids is 1. The van der Waals surface area contributed by atoms with Gasteiger partial charge in [-0.1, -0.05) is 0 Å². The summed E-state index contributed by atoms with van der Waals surface area (Å²) in [6, 6.07) is 6.95. The number of aromatic nitrogens is 1. The number of methoxy groups -OCH3 is 1.